The van der Waals surface area contributed by atoms with Gasteiger partial charge in [0, 0.05) is 24.3 Å². The molecule has 20 heavy (non-hydrogen) atoms. The number of aryl methyl sites for hydroxylation is 1. The van der Waals surface area contributed by atoms with Crippen molar-refractivity contribution < 1.29 is 9.90 Å². The summed E-state index contributed by atoms with van der Waals surface area (Å²) in [5.74, 6) is -0.956. The highest BCUT2D eigenvalue weighted by Crippen LogP contribution is 2.13. The van der Waals surface area contributed by atoms with Gasteiger partial charge in [-0.2, -0.15) is 5.10 Å². The molecule has 0 aliphatic carbocycles. The number of carboxylic acids is 1. The lowest BCUT2D eigenvalue weighted by Crippen LogP contribution is -2.44. The van der Waals surface area contributed by atoms with Gasteiger partial charge in [-0.25, -0.2) is 4.79 Å². The van der Waals surface area contributed by atoms with Gasteiger partial charge < -0.3 is 15.0 Å². The molecule has 1 heterocycles. The van der Waals surface area contributed by atoms with E-state index in [0.717, 1.165) is 5.56 Å². The smallest absolute Gasteiger partial charge is 0.352 e. The molecule has 1 rings (SSSR count). The molecule has 1 aromatic rings. The number of hydrazone groups is 1. The molecule has 7 heteroatoms. The van der Waals surface area contributed by atoms with Gasteiger partial charge in [-0.05, 0) is 45.5 Å². The third-order valence-corrected chi connectivity index (χ3v) is 2.73. The van der Waals surface area contributed by atoms with Crippen molar-refractivity contribution in [1.82, 2.24) is 15.3 Å². The maximum Gasteiger partial charge on any atom is 0.352 e. The van der Waals surface area contributed by atoms with E-state index in [9.17, 15) is 4.79 Å². The average Bonchev–Trinajstić information content (AvgIpc) is 2.51. The molecule has 0 saturated carbocycles. The van der Waals surface area contributed by atoms with Crippen LogP contribution in [-0.4, -0.2) is 32.5 Å². The van der Waals surface area contributed by atoms with E-state index in [1.54, 1.807) is 30.9 Å². The lowest BCUT2D eigenvalue weighted by Gasteiger charge is -2.21. The summed E-state index contributed by atoms with van der Waals surface area (Å²) >= 11 is 5.09. The van der Waals surface area contributed by atoms with Crippen molar-refractivity contribution in [3.8, 4) is 0 Å². The number of carbonyl (C=O) groups is 1. The van der Waals surface area contributed by atoms with Gasteiger partial charge in [-0.15, -0.1) is 0 Å². The molecular formula is C13H20N4O2S. The zero-order valence-corrected chi connectivity index (χ0v) is 13.1. The minimum absolute atomic E-state index is 0.140. The van der Waals surface area contributed by atoms with Gasteiger partial charge in [0.05, 0.1) is 6.21 Å². The summed E-state index contributed by atoms with van der Waals surface area (Å²) < 4.78 is 1.56. The molecule has 0 bridgehead atoms. The van der Waals surface area contributed by atoms with Crippen LogP contribution in [0.3, 0.4) is 0 Å². The fourth-order valence-corrected chi connectivity index (χ4v) is 2.10. The van der Waals surface area contributed by atoms with Crippen molar-refractivity contribution in [1.29, 1.82) is 0 Å². The van der Waals surface area contributed by atoms with E-state index in [2.05, 4.69) is 15.8 Å². The summed E-state index contributed by atoms with van der Waals surface area (Å²) in [5, 5.41) is 16.6. The van der Waals surface area contributed by atoms with Gasteiger partial charge in [-0.1, -0.05) is 0 Å². The number of carboxylic acid groups (broad SMARTS) is 1. The molecule has 0 aromatic carbocycles. The summed E-state index contributed by atoms with van der Waals surface area (Å²) in [5.41, 5.74) is 4.22. The van der Waals surface area contributed by atoms with Crippen LogP contribution in [0.5, 0.6) is 0 Å². The van der Waals surface area contributed by atoms with E-state index in [0.29, 0.717) is 10.7 Å². The predicted octanol–water partition coefficient (Wildman–Crippen LogP) is 1.63. The quantitative estimate of drug-likeness (QED) is 0.449. The largest absolute Gasteiger partial charge is 0.477 e. The standard InChI is InChI=1S/C13H20N4O2S/c1-8-9(7-17(5)10(8)11(18)19)6-14-16-12(20)15-13(2,3)4/h6-7H,1-5H3,(H,18,19)(H2,15,16,20). The Morgan fingerprint density at radius 2 is 2.10 bits per heavy atom. The predicted molar refractivity (Wildman–Crippen MR) is 83.3 cm³/mol. The van der Waals surface area contributed by atoms with Gasteiger partial charge >= 0.3 is 5.97 Å². The Labute approximate surface area is 123 Å². The maximum absolute atomic E-state index is 11.1. The summed E-state index contributed by atoms with van der Waals surface area (Å²) in [6.45, 7) is 7.72. The Morgan fingerprint density at radius 1 is 1.50 bits per heavy atom. The van der Waals surface area contributed by atoms with E-state index in [-0.39, 0.29) is 11.2 Å². The highest BCUT2D eigenvalue weighted by molar-refractivity contribution is 7.80. The second kappa shape index (κ2) is 6.04. The molecular weight excluding hydrogens is 276 g/mol. The van der Waals surface area contributed by atoms with Crippen LogP contribution in [0.15, 0.2) is 11.3 Å². The molecule has 0 radical (unpaired) electrons. The third-order valence-electron chi connectivity index (χ3n) is 2.53. The van der Waals surface area contributed by atoms with Crippen molar-refractivity contribution >= 4 is 29.5 Å². The van der Waals surface area contributed by atoms with Crippen LogP contribution in [-0.2, 0) is 7.05 Å². The van der Waals surface area contributed by atoms with Gasteiger partial charge in [0.25, 0.3) is 0 Å². The molecule has 0 fully saturated rings. The molecule has 6 nitrogen and oxygen atoms in total. The Hall–Kier alpha value is -1.89. The summed E-state index contributed by atoms with van der Waals surface area (Å²) in [6, 6.07) is 0. The second-order valence-corrected chi connectivity index (χ2v) is 5.96. The number of aromatic carboxylic acids is 1. The van der Waals surface area contributed by atoms with E-state index < -0.39 is 5.97 Å². The van der Waals surface area contributed by atoms with Crippen LogP contribution >= 0.6 is 12.2 Å². The number of hydrogen-bond acceptors (Lipinski definition) is 3. The molecule has 1 aromatic heterocycles. The highest BCUT2D eigenvalue weighted by Gasteiger charge is 2.15. The first-order valence-corrected chi connectivity index (χ1v) is 6.53. The Kier molecular flexibility index (Phi) is 4.88. The SMILES string of the molecule is Cc1c(C=NNC(=S)NC(C)(C)C)cn(C)c1C(=O)O. The number of nitrogens with one attached hydrogen (secondary N) is 2. The first kappa shape index (κ1) is 16.2. The average molecular weight is 296 g/mol. The molecule has 0 unspecified atom stereocenters. The van der Waals surface area contributed by atoms with Crippen LogP contribution in [0, 0.1) is 6.92 Å². The van der Waals surface area contributed by atoms with Crippen LogP contribution in [0.2, 0.25) is 0 Å². The number of aromatic nitrogens is 1. The van der Waals surface area contributed by atoms with Crippen LogP contribution in [0.4, 0.5) is 0 Å². The number of thiocarbonyl (C=S) groups is 1. The molecule has 0 spiro atoms. The zero-order valence-electron chi connectivity index (χ0n) is 12.3. The molecule has 0 atom stereocenters. The zero-order chi connectivity index (χ0) is 15.5. The molecule has 110 valence electrons. The van der Waals surface area contributed by atoms with Crippen molar-refractivity contribution in [2.45, 2.75) is 33.2 Å². The van der Waals surface area contributed by atoms with Gasteiger partial charge in [0.1, 0.15) is 5.69 Å². The van der Waals surface area contributed by atoms with Crippen molar-refractivity contribution in [3.05, 3.63) is 23.0 Å². The monoisotopic (exact) mass is 296 g/mol. The number of rotatable bonds is 3. The van der Waals surface area contributed by atoms with Crippen molar-refractivity contribution in [3.63, 3.8) is 0 Å². The van der Waals surface area contributed by atoms with Crippen LogP contribution in [0.1, 0.15) is 42.4 Å². The van der Waals surface area contributed by atoms with Gasteiger partial charge in [0.15, 0.2) is 5.11 Å². The normalized spacial score (nSPS) is 11.7. The molecule has 0 aliphatic heterocycles. The topological polar surface area (TPSA) is 78.7 Å². The van der Waals surface area contributed by atoms with E-state index in [1.165, 1.54) is 0 Å². The lowest BCUT2D eigenvalue weighted by atomic mass is 10.1. The summed E-state index contributed by atoms with van der Waals surface area (Å²) in [7, 11) is 1.69. The minimum Gasteiger partial charge on any atom is -0.477 e. The second-order valence-electron chi connectivity index (χ2n) is 5.55. The number of nitrogens with zero attached hydrogens (tertiary/aromatic N) is 2. The molecule has 0 aliphatic rings. The van der Waals surface area contributed by atoms with Crippen LogP contribution in [0.25, 0.3) is 0 Å². The number of hydrogen-bond donors (Lipinski definition) is 3. The van der Waals surface area contributed by atoms with Gasteiger partial charge in [-0.3, -0.25) is 5.43 Å². The molecule has 3 N–H and O–H groups in total. The maximum atomic E-state index is 11.1. The first-order valence-electron chi connectivity index (χ1n) is 6.12. The van der Waals surface area contributed by atoms with E-state index >= 15 is 0 Å². The molecule has 0 amide bonds. The van der Waals surface area contributed by atoms with E-state index in [4.69, 9.17) is 17.3 Å². The highest BCUT2D eigenvalue weighted by atomic mass is 32.1. The fraction of sp³-hybridized carbons (Fsp3) is 0.462. The van der Waals surface area contributed by atoms with Crippen molar-refractivity contribution in [2.75, 3.05) is 0 Å². The molecule has 0 saturated heterocycles. The van der Waals surface area contributed by atoms with E-state index in [1.807, 2.05) is 20.8 Å². The first-order chi connectivity index (χ1) is 9.11. The van der Waals surface area contributed by atoms with Crippen molar-refractivity contribution in [2.24, 2.45) is 12.1 Å². The fourth-order valence-electron chi connectivity index (χ4n) is 1.74. The summed E-state index contributed by atoms with van der Waals surface area (Å²) in [6.07, 6.45) is 3.27. The van der Waals surface area contributed by atoms with Gasteiger partial charge in [0.2, 0.25) is 0 Å². The summed E-state index contributed by atoms with van der Waals surface area (Å²) in [4.78, 5) is 11.1. The lowest BCUT2D eigenvalue weighted by molar-refractivity contribution is 0.0685. The Bertz CT molecular complexity index is 555. The Morgan fingerprint density at radius 3 is 2.55 bits per heavy atom. The third kappa shape index (κ3) is 4.34. The van der Waals surface area contributed by atoms with Crippen LogP contribution < -0.4 is 10.7 Å². The minimum atomic E-state index is -0.956. The Balaban J connectivity index is 2.75.